The van der Waals surface area contributed by atoms with Gasteiger partial charge in [-0.2, -0.15) is 0 Å². The molecule has 0 unspecified atom stereocenters. The summed E-state index contributed by atoms with van der Waals surface area (Å²) in [4.78, 5) is 27.6. The molecule has 1 amide bonds. The molecule has 1 saturated carbocycles. The van der Waals surface area contributed by atoms with E-state index in [2.05, 4.69) is 4.98 Å². The molecule has 1 fully saturated rings. The summed E-state index contributed by atoms with van der Waals surface area (Å²) in [5, 5.41) is 0. The van der Waals surface area contributed by atoms with E-state index in [9.17, 15) is 9.59 Å². The Labute approximate surface area is 107 Å². The van der Waals surface area contributed by atoms with Gasteiger partial charge in [-0.05, 0) is 24.8 Å². The molecule has 1 aliphatic rings. The molecule has 0 saturated heterocycles. The molecule has 0 aromatic carbocycles. The molecule has 0 atom stereocenters. The van der Waals surface area contributed by atoms with Crippen LogP contribution in [0.25, 0.3) is 0 Å². The van der Waals surface area contributed by atoms with E-state index in [0.717, 1.165) is 6.54 Å². The van der Waals surface area contributed by atoms with E-state index in [1.807, 2.05) is 7.05 Å². The van der Waals surface area contributed by atoms with Crippen molar-refractivity contribution in [1.82, 2.24) is 9.88 Å². The Bertz CT molecular complexity index is 461. The number of carbonyl (C=O) groups excluding carboxylic acids is 1. The predicted octanol–water partition coefficient (Wildman–Crippen LogP) is 2.03. The Hall–Kier alpha value is -1.58. The number of rotatable bonds is 3. The summed E-state index contributed by atoms with van der Waals surface area (Å²) in [6.45, 7) is 0.797. The zero-order valence-electron chi connectivity index (χ0n) is 10.8. The smallest absolute Gasteiger partial charge is 0.253 e. The van der Waals surface area contributed by atoms with Gasteiger partial charge in [0.2, 0.25) is 5.56 Å². The van der Waals surface area contributed by atoms with Crippen molar-refractivity contribution in [2.45, 2.75) is 32.1 Å². The molecule has 4 nitrogen and oxygen atoms in total. The molecule has 1 aliphatic carbocycles. The van der Waals surface area contributed by atoms with Crippen LogP contribution in [-0.2, 0) is 0 Å². The molecule has 0 spiro atoms. The Morgan fingerprint density at radius 1 is 1.39 bits per heavy atom. The lowest BCUT2D eigenvalue weighted by molar-refractivity contribution is 0.0760. The van der Waals surface area contributed by atoms with Crippen LogP contribution in [0.3, 0.4) is 0 Å². The fraction of sp³-hybridized carbons (Fsp3) is 0.571. The van der Waals surface area contributed by atoms with Crippen molar-refractivity contribution in [2.75, 3.05) is 13.6 Å². The van der Waals surface area contributed by atoms with Gasteiger partial charge < -0.3 is 9.88 Å². The maximum Gasteiger partial charge on any atom is 0.253 e. The Balaban J connectivity index is 1.97. The molecule has 1 aromatic heterocycles. The van der Waals surface area contributed by atoms with Crippen LogP contribution in [-0.4, -0.2) is 29.4 Å². The van der Waals surface area contributed by atoms with Gasteiger partial charge in [-0.3, -0.25) is 9.59 Å². The van der Waals surface area contributed by atoms with Crippen molar-refractivity contribution >= 4 is 5.91 Å². The molecule has 98 valence electrons. The summed E-state index contributed by atoms with van der Waals surface area (Å²) in [5.74, 6) is 0.557. The first kappa shape index (κ1) is 12.9. The molecule has 18 heavy (non-hydrogen) atoms. The normalized spacial score (nSPS) is 16.5. The van der Waals surface area contributed by atoms with E-state index in [4.69, 9.17) is 0 Å². The molecule has 2 rings (SSSR count). The lowest BCUT2D eigenvalue weighted by Gasteiger charge is -2.27. The lowest BCUT2D eigenvalue weighted by atomic mass is 9.89. The third kappa shape index (κ3) is 3.22. The number of carbonyl (C=O) groups is 1. The summed E-state index contributed by atoms with van der Waals surface area (Å²) in [5.41, 5.74) is 0.240. The molecule has 1 N–H and O–H groups in total. The summed E-state index contributed by atoms with van der Waals surface area (Å²) < 4.78 is 0. The van der Waals surface area contributed by atoms with Gasteiger partial charge >= 0.3 is 0 Å². The predicted molar refractivity (Wildman–Crippen MR) is 70.6 cm³/mol. The highest BCUT2D eigenvalue weighted by Gasteiger charge is 2.19. The van der Waals surface area contributed by atoms with Crippen LogP contribution in [0.4, 0.5) is 0 Å². The summed E-state index contributed by atoms with van der Waals surface area (Å²) >= 11 is 0. The van der Waals surface area contributed by atoms with Crippen molar-refractivity contribution in [3.05, 3.63) is 34.2 Å². The number of nitrogens with zero attached hydrogens (tertiary/aromatic N) is 1. The van der Waals surface area contributed by atoms with Crippen molar-refractivity contribution < 1.29 is 4.79 Å². The first-order valence-corrected chi connectivity index (χ1v) is 6.61. The Morgan fingerprint density at radius 3 is 2.78 bits per heavy atom. The van der Waals surface area contributed by atoms with Crippen molar-refractivity contribution in [3.8, 4) is 0 Å². The summed E-state index contributed by atoms with van der Waals surface area (Å²) in [6, 6.07) is 3.01. The highest BCUT2D eigenvalue weighted by molar-refractivity contribution is 5.93. The van der Waals surface area contributed by atoms with E-state index in [1.54, 1.807) is 11.0 Å². The molecule has 0 radical (unpaired) electrons. The van der Waals surface area contributed by atoms with Crippen molar-refractivity contribution in [3.63, 3.8) is 0 Å². The lowest BCUT2D eigenvalue weighted by Crippen LogP contribution is -2.33. The molecule has 1 aromatic rings. The topological polar surface area (TPSA) is 53.2 Å². The van der Waals surface area contributed by atoms with Gasteiger partial charge in [0.25, 0.3) is 5.91 Å². The molecular weight excluding hydrogens is 228 g/mol. The zero-order chi connectivity index (χ0) is 13.0. The minimum atomic E-state index is -0.230. The van der Waals surface area contributed by atoms with Gasteiger partial charge in [0.15, 0.2) is 0 Å². The number of hydrogen-bond donors (Lipinski definition) is 1. The van der Waals surface area contributed by atoms with E-state index in [0.29, 0.717) is 11.5 Å². The fourth-order valence-corrected chi connectivity index (χ4v) is 2.64. The van der Waals surface area contributed by atoms with E-state index in [-0.39, 0.29) is 11.5 Å². The highest BCUT2D eigenvalue weighted by Crippen LogP contribution is 2.24. The second kappa shape index (κ2) is 5.85. The molecule has 0 bridgehead atoms. The van der Waals surface area contributed by atoms with Crippen molar-refractivity contribution in [2.24, 2.45) is 5.92 Å². The third-order valence-electron chi connectivity index (χ3n) is 3.63. The van der Waals surface area contributed by atoms with Gasteiger partial charge in [-0.15, -0.1) is 0 Å². The Kier molecular flexibility index (Phi) is 4.18. The molecule has 4 heteroatoms. The van der Waals surface area contributed by atoms with Crippen LogP contribution in [0.5, 0.6) is 0 Å². The monoisotopic (exact) mass is 248 g/mol. The SMILES string of the molecule is CN(CC1CCCCC1)C(=O)c1cc[nH]c(=O)c1. The number of aromatic nitrogens is 1. The second-order valence-electron chi connectivity index (χ2n) is 5.13. The fourth-order valence-electron chi connectivity index (χ4n) is 2.64. The van der Waals surface area contributed by atoms with E-state index in [1.165, 1.54) is 44.4 Å². The highest BCUT2D eigenvalue weighted by atomic mass is 16.2. The average molecular weight is 248 g/mol. The van der Waals surface area contributed by atoms with Crippen molar-refractivity contribution in [1.29, 1.82) is 0 Å². The minimum Gasteiger partial charge on any atom is -0.341 e. The first-order chi connectivity index (χ1) is 8.66. The second-order valence-corrected chi connectivity index (χ2v) is 5.13. The van der Waals surface area contributed by atoms with Crippen LogP contribution >= 0.6 is 0 Å². The van der Waals surface area contributed by atoms with Gasteiger partial charge in [0.05, 0.1) is 0 Å². The number of hydrogen-bond acceptors (Lipinski definition) is 2. The van der Waals surface area contributed by atoms with Gasteiger partial charge in [-0.25, -0.2) is 0 Å². The largest absolute Gasteiger partial charge is 0.341 e. The van der Waals surface area contributed by atoms with Gasteiger partial charge in [0.1, 0.15) is 0 Å². The number of pyridine rings is 1. The number of nitrogens with one attached hydrogen (secondary N) is 1. The quantitative estimate of drug-likeness (QED) is 0.889. The van der Waals surface area contributed by atoms with Crippen LogP contribution in [0.15, 0.2) is 23.1 Å². The average Bonchev–Trinajstić information content (AvgIpc) is 2.39. The first-order valence-electron chi connectivity index (χ1n) is 6.61. The minimum absolute atomic E-state index is 0.0633. The summed E-state index contributed by atoms with van der Waals surface area (Å²) in [6.07, 6.45) is 7.82. The zero-order valence-corrected chi connectivity index (χ0v) is 10.8. The van der Waals surface area contributed by atoms with Crippen LogP contribution in [0.1, 0.15) is 42.5 Å². The Morgan fingerprint density at radius 2 is 2.11 bits per heavy atom. The number of aromatic amines is 1. The van der Waals surface area contributed by atoms with Gasteiger partial charge in [-0.1, -0.05) is 19.3 Å². The third-order valence-corrected chi connectivity index (χ3v) is 3.63. The summed E-state index contributed by atoms with van der Waals surface area (Å²) in [7, 11) is 1.82. The maximum atomic E-state index is 12.1. The molecule has 1 heterocycles. The van der Waals surface area contributed by atoms with Crippen LogP contribution in [0.2, 0.25) is 0 Å². The van der Waals surface area contributed by atoms with Crippen LogP contribution < -0.4 is 5.56 Å². The molecule has 0 aliphatic heterocycles. The number of H-pyrrole nitrogens is 1. The maximum absolute atomic E-state index is 12.1. The van der Waals surface area contributed by atoms with E-state index < -0.39 is 0 Å². The number of amides is 1. The van der Waals surface area contributed by atoms with Gasteiger partial charge in [0, 0.05) is 31.4 Å². The molecular formula is C14H20N2O2. The standard InChI is InChI=1S/C14H20N2O2/c1-16(10-11-5-3-2-4-6-11)14(18)12-7-8-15-13(17)9-12/h7-9,11H,2-6,10H2,1H3,(H,15,17). The van der Waals surface area contributed by atoms with Crippen LogP contribution in [0, 0.1) is 5.92 Å². The van der Waals surface area contributed by atoms with E-state index >= 15 is 0 Å².